The Kier molecular flexibility index (Phi) is 4.05. The fourth-order valence-corrected chi connectivity index (χ4v) is 4.04. The summed E-state index contributed by atoms with van der Waals surface area (Å²) >= 11 is 0. The molecule has 1 aromatic heterocycles. The maximum absolute atomic E-state index is 12.6. The molecule has 0 radical (unpaired) electrons. The number of piperidine rings is 2. The van der Waals surface area contributed by atoms with Gasteiger partial charge in [0.15, 0.2) is 5.82 Å². The number of fused-ring (bicyclic) bond motifs is 1. The molecule has 2 atom stereocenters. The molecule has 0 bridgehead atoms. The number of anilines is 1. The van der Waals surface area contributed by atoms with Crippen molar-refractivity contribution in [2.24, 2.45) is 5.41 Å². The number of amides is 1. The Morgan fingerprint density at radius 3 is 2.96 bits per heavy atom. The Hall–Kier alpha value is -2.25. The number of nitrogens with zero attached hydrogens (tertiary/aromatic N) is 3. The predicted molar refractivity (Wildman–Crippen MR) is 93.0 cm³/mol. The highest BCUT2D eigenvalue weighted by Crippen LogP contribution is 2.39. The van der Waals surface area contributed by atoms with E-state index in [4.69, 9.17) is 0 Å². The van der Waals surface area contributed by atoms with Crippen LogP contribution in [0.2, 0.25) is 0 Å². The van der Waals surface area contributed by atoms with Crippen molar-refractivity contribution in [3.05, 3.63) is 30.1 Å². The van der Waals surface area contributed by atoms with Crippen LogP contribution in [0.4, 0.5) is 5.82 Å². The molecule has 2 aromatic rings. The minimum absolute atomic E-state index is 0.0725. The second kappa shape index (κ2) is 6.24. The summed E-state index contributed by atoms with van der Waals surface area (Å²) in [7, 11) is 0. The van der Waals surface area contributed by atoms with Gasteiger partial charge in [0.1, 0.15) is 12.4 Å². The van der Waals surface area contributed by atoms with E-state index in [0.29, 0.717) is 38.3 Å². The zero-order valence-corrected chi connectivity index (χ0v) is 14.0. The van der Waals surface area contributed by atoms with E-state index in [9.17, 15) is 15.0 Å². The number of hydrogen-bond acceptors (Lipinski definition) is 6. The second-order valence-electron chi connectivity index (χ2n) is 6.88. The number of nitrogens with one attached hydrogen (secondary N) is 1. The highest BCUT2D eigenvalue weighted by Gasteiger charge is 2.50. The predicted octanol–water partition coefficient (Wildman–Crippen LogP) is 0.589. The van der Waals surface area contributed by atoms with Gasteiger partial charge in [-0.3, -0.25) is 4.79 Å². The summed E-state index contributed by atoms with van der Waals surface area (Å²) in [5, 5.41) is 23.9. The minimum atomic E-state index is -0.790. The molecule has 1 amide bonds. The van der Waals surface area contributed by atoms with E-state index in [1.807, 2.05) is 24.3 Å². The minimum Gasteiger partial charge on any atom is -0.392 e. The third kappa shape index (κ3) is 2.63. The Morgan fingerprint density at radius 1 is 1.32 bits per heavy atom. The zero-order chi connectivity index (χ0) is 17.4. The molecule has 4 rings (SSSR count). The van der Waals surface area contributed by atoms with Crippen LogP contribution in [0.25, 0.3) is 10.9 Å². The molecule has 2 saturated heterocycles. The molecule has 2 fully saturated rings. The first-order valence-electron chi connectivity index (χ1n) is 8.72. The van der Waals surface area contributed by atoms with Crippen molar-refractivity contribution in [1.82, 2.24) is 15.3 Å². The first kappa shape index (κ1) is 16.2. The van der Waals surface area contributed by atoms with E-state index < -0.39 is 11.5 Å². The van der Waals surface area contributed by atoms with Crippen molar-refractivity contribution in [3.63, 3.8) is 0 Å². The van der Waals surface area contributed by atoms with Gasteiger partial charge in [-0.2, -0.15) is 0 Å². The second-order valence-corrected chi connectivity index (χ2v) is 6.88. The summed E-state index contributed by atoms with van der Waals surface area (Å²) in [5.41, 5.74) is -0.0214. The Balaban J connectivity index is 1.77. The first-order chi connectivity index (χ1) is 12.1. The van der Waals surface area contributed by atoms with Crippen LogP contribution in [0.15, 0.2) is 24.3 Å². The van der Waals surface area contributed by atoms with Gasteiger partial charge in [0, 0.05) is 25.0 Å². The molecule has 2 aliphatic heterocycles. The molecule has 3 N–H and O–H groups in total. The van der Waals surface area contributed by atoms with E-state index in [1.54, 1.807) is 0 Å². The summed E-state index contributed by atoms with van der Waals surface area (Å²) in [6, 6.07) is 7.66. The lowest BCUT2D eigenvalue weighted by Gasteiger charge is -2.47. The highest BCUT2D eigenvalue weighted by atomic mass is 16.3. The monoisotopic (exact) mass is 342 g/mol. The molecule has 1 spiro atoms. The first-order valence-corrected chi connectivity index (χ1v) is 8.72. The van der Waals surface area contributed by atoms with Crippen LogP contribution in [0.1, 0.15) is 25.1 Å². The highest BCUT2D eigenvalue weighted by molar-refractivity contribution is 5.90. The quantitative estimate of drug-likeness (QED) is 0.739. The van der Waals surface area contributed by atoms with Gasteiger partial charge in [0.25, 0.3) is 0 Å². The van der Waals surface area contributed by atoms with Crippen LogP contribution >= 0.6 is 0 Å². The van der Waals surface area contributed by atoms with Gasteiger partial charge in [0.05, 0.1) is 17.0 Å². The molecule has 25 heavy (non-hydrogen) atoms. The summed E-state index contributed by atoms with van der Waals surface area (Å²) in [6.07, 6.45) is 1.41. The number of aliphatic hydroxyl groups excluding tert-OH is 2. The largest absolute Gasteiger partial charge is 0.392 e. The summed E-state index contributed by atoms with van der Waals surface area (Å²) in [5.74, 6) is 1.01. The van der Waals surface area contributed by atoms with Crippen molar-refractivity contribution < 1.29 is 15.0 Å². The number of aromatic nitrogens is 2. The molecule has 3 heterocycles. The number of hydrogen-bond donors (Lipinski definition) is 3. The third-order valence-corrected chi connectivity index (χ3v) is 5.39. The van der Waals surface area contributed by atoms with Crippen LogP contribution in [0.5, 0.6) is 0 Å². The molecule has 1 aromatic carbocycles. The number of carbonyl (C=O) groups excluding carboxylic acids is 1. The molecule has 7 heteroatoms. The van der Waals surface area contributed by atoms with E-state index in [0.717, 1.165) is 23.1 Å². The Morgan fingerprint density at radius 2 is 2.16 bits per heavy atom. The number of para-hydroxylation sites is 1. The topological polar surface area (TPSA) is 98.6 Å². The fraction of sp³-hybridized carbons (Fsp3) is 0.500. The van der Waals surface area contributed by atoms with Crippen molar-refractivity contribution in [2.45, 2.75) is 32.0 Å². The average molecular weight is 342 g/mol. The van der Waals surface area contributed by atoms with E-state index in [1.165, 1.54) is 0 Å². The lowest BCUT2D eigenvalue weighted by atomic mass is 9.71. The van der Waals surface area contributed by atoms with E-state index in [-0.39, 0.29) is 12.5 Å². The van der Waals surface area contributed by atoms with E-state index in [2.05, 4.69) is 20.2 Å². The maximum atomic E-state index is 12.6. The van der Waals surface area contributed by atoms with Gasteiger partial charge < -0.3 is 20.4 Å². The van der Waals surface area contributed by atoms with E-state index >= 15 is 0 Å². The SMILES string of the molecule is O=C1NCCC[C@]12CN(c1nc(CO)nc3ccccc13)CC[C@@H]2O. The van der Waals surface area contributed by atoms with Crippen molar-refractivity contribution in [3.8, 4) is 0 Å². The van der Waals surface area contributed by atoms with Gasteiger partial charge >= 0.3 is 0 Å². The van der Waals surface area contributed by atoms with Crippen LogP contribution in [0.3, 0.4) is 0 Å². The molecular weight excluding hydrogens is 320 g/mol. The average Bonchev–Trinajstić information content (AvgIpc) is 2.65. The fourth-order valence-electron chi connectivity index (χ4n) is 4.04. The van der Waals surface area contributed by atoms with Crippen LogP contribution in [0, 0.1) is 5.41 Å². The van der Waals surface area contributed by atoms with Gasteiger partial charge in [-0.1, -0.05) is 12.1 Å². The number of carbonyl (C=O) groups is 1. The Bertz CT molecular complexity index is 812. The lowest BCUT2D eigenvalue weighted by molar-refractivity contribution is -0.142. The molecule has 0 unspecified atom stereocenters. The van der Waals surface area contributed by atoms with Crippen molar-refractivity contribution >= 4 is 22.6 Å². The number of benzene rings is 1. The normalized spacial score (nSPS) is 26.9. The summed E-state index contributed by atoms with van der Waals surface area (Å²) < 4.78 is 0. The van der Waals surface area contributed by atoms with Gasteiger partial charge in [-0.05, 0) is 31.4 Å². The van der Waals surface area contributed by atoms with Crippen molar-refractivity contribution in [1.29, 1.82) is 0 Å². The van der Waals surface area contributed by atoms with Gasteiger partial charge in [0.2, 0.25) is 5.91 Å². The molecule has 0 aliphatic carbocycles. The number of aliphatic hydroxyl groups is 2. The molecular formula is C18H22N4O3. The number of rotatable bonds is 2. The van der Waals surface area contributed by atoms with Crippen LogP contribution in [-0.2, 0) is 11.4 Å². The molecule has 2 aliphatic rings. The third-order valence-electron chi connectivity index (χ3n) is 5.39. The standard InChI is InChI=1S/C18H22N4O3/c23-10-15-20-13-5-2-1-4-12(13)16(21-15)22-9-6-14(24)18(11-22)7-3-8-19-17(18)25/h1-2,4-5,14,23-24H,3,6-11H2,(H,19,25)/t14-,18+/m0/s1. The summed E-state index contributed by atoms with van der Waals surface area (Å²) in [6.45, 7) is 1.46. The van der Waals surface area contributed by atoms with Gasteiger partial charge in [-0.15, -0.1) is 0 Å². The van der Waals surface area contributed by atoms with Crippen LogP contribution < -0.4 is 10.2 Å². The molecule has 132 valence electrons. The molecule has 7 nitrogen and oxygen atoms in total. The summed E-state index contributed by atoms with van der Waals surface area (Å²) in [4.78, 5) is 23.5. The smallest absolute Gasteiger partial charge is 0.230 e. The Labute approximate surface area is 145 Å². The van der Waals surface area contributed by atoms with Gasteiger partial charge in [-0.25, -0.2) is 9.97 Å². The molecule has 0 saturated carbocycles. The maximum Gasteiger partial charge on any atom is 0.230 e. The lowest BCUT2D eigenvalue weighted by Crippen LogP contribution is -2.61. The zero-order valence-electron chi connectivity index (χ0n) is 14.0. The van der Waals surface area contributed by atoms with Crippen LogP contribution in [-0.4, -0.2) is 51.8 Å². The van der Waals surface area contributed by atoms with Crippen molar-refractivity contribution in [2.75, 3.05) is 24.5 Å².